The molecule has 1 heterocycles. The quantitative estimate of drug-likeness (QED) is 0.647. The lowest BCUT2D eigenvalue weighted by Crippen LogP contribution is -2.10. The first-order valence-corrected chi connectivity index (χ1v) is 5.30. The van der Waals surface area contributed by atoms with Crippen LogP contribution in [0.3, 0.4) is 0 Å². The Morgan fingerprint density at radius 3 is 2.88 bits per heavy atom. The second kappa shape index (κ2) is 4.99. The molecule has 88 valence electrons. The van der Waals surface area contributed by atoms with Crippen molar-refractivity contribution in [1.82, 2.24) is 9.97 Å². The normalized spacial score (nSPS) is 10.1. The standard InChI is InChI=1S/C11H11ClN4O/c1-7-10(16-13)14-6-15-11(7)17-9-4-2-3-8(12)5-9/h2-6H,13H2,1H3,(H,14,15,16). The molecule has 0 aliphatic rings. The summed E-state index contributed by atoms with van der Waals surface area (Å²) in [4.78, 5) is 8.00. The van der Waals surface area contributed by atoms with Gasteiger partial charge in [0.05, 0.1) is 5.56 Å². The van der Waals surface area contributed by atoms with Crippen molar-refractivity contribution in [2.75, 3.05) is 5.43 Å². The van der Waals surface area contributed by atoms with Crippen LogP contribution in [0.1, 0.15) is 5.56 Å². The van der Waals surface area contributed by atoms with Gasteiger partial charge in [-0.3, -0.25) is 0 Å². The molecule has 1 aromatic carbocycles. The van der Waals surface area contributed by atoms with Gasteiger partial charge in [-0.1, -0.05) is 17.7 Å². The van der Waals surface area contributed by atoms with Gasteiger partial charge in [-0.25, -0.2) is 15.8 Å². The van der Waals surface area contributed by atoms with Crippen LogP contribution in [-0.4, -0.2) is 9.97 Å². The predicted molar refractivity (Wildman–Crippen MR) is 66.1 cm³/mol. The molecule has 0 spiro atoms. The molecule has 0 unspecified atom stereocenters. The number of nitrogens with one attached hydrogen (secondary N) is 1. The van der Waals surface area contributed by atoms with Crippen molar-refractivity contribution >= 4 is 17.4 Å². The van der Waals surface area contributed by atoms with Crippen molar-refractivity contribution in [2.45, 2.75) is 6.92 Å². The number of rotatable bonds is 3. The molecule has 2 aromatic rings. The number of ether oxygens (including phenoxy) is 1. The Bertz CT molecular complexity index is 533. The zero-order valence-corrected chi connectivity index (χ0v) is 9.90. The molecule has 3 N–H and O–H groups in total. The average Bonchev–Trinajstić information content (AvgIpc) is 2.32. The Hall–Kier alpha value is -1.85. The number of hydrazine groups is 1. The topological polar surface area (TPSA) is 73.1 Å². The van der Waals surface area contributed by atoms with E-state index >= 15 is 0 Å². The van der Waals surface area contributed by atoms with Gasteiger partial charge in [0.1, 0.15) is 17.9 Å². The summed E-state index contributed by atoms with van der Waals surface area (Å²) in [6.45, 7) is 1.81. The van der Waals surface area contributed by atoms with Gasteiger partial charge in [0.15, 0.2) is 0 Å². The molecule has 17 heavy (non-hydrogen) atoms. The molecule has 0 aliphatic carbocycles. The first-order chi connectivity index (χ1) is 8.20. The van der Waals surface area contributed by atoms with Gasteiger partial charge in [-0.05, 0) is 25.1 Å². The van der Waals surface area contributed by atoms with E-state index in [1.54, 1.807) is 24.3 Å². The zero-order valence-electron chi connectivity index (χ0n) is 9.14. The summed E-state index contributed by atoms with van der Waals surface area (Å²) in [6, 6.07) is 7.08. The summed E-state index contributed by atoms with van der Waals surface area (Å²) < 4.78 is 5.60. The molecule has 0 aliphatic heterocycles. The number of benzene rings is 1. The third kappa shape index (κ3) is 2.64. The van der Waals surface area contributed by atoms with E-state index in [-0.39, 0.29) is 0 Å². The van der Waals surface area contributed by atoms with Crippen LogP contribution in [0.4, 0.5) is 5.82 Å². The lowest BCUT2D eigenvalue weighted by Gasteiger charge is -2.09. The van der Waals surface area contributed by atoms with Crippen molar-refractivity contribution in [3.63, 3.8) is 0 Å². The SMILES string of the molecule is Cc1c(NN)ncnc1Oc1cccc(Cl)c1. The maximum Gasteiger partial charge on any atom is 0.227 e. The van der Waals surface area contributed by atoms with E-state index < -0.39 is 0 Å². The minimum atomic E-state index is 0.440. The summed E-state index contributed by atoms with van der Waals surface area (Å²) in [6.07, 6.45) is 1.38. The molecular weight excluding hydrogens is 240 g/mol. The Kier molecular flexibility index (Phi) is 3.41. The molecule has 2 rings (SSSR count). The highest BCUT2D eigenvalue weighted by Gasteiger charge is 2.08. The highest BCUT2D eigenvalue weighted by molar-refractivity contribution is 6.30. The number of nitrogens with zero attached hydrogens (tertiary/aromatic N) is 2. The number of hydrogen-bond donors (Lipinski definition) is 2. The van der Waals surface area contributed by atoms with Crippen LogP contribution in [0.2, 0.25) is 5.02 Å². The first-order valence-electron chi connectivity index (χ1n) is 4.92. The zero-order chi connectivity index (χ0) is 12.3. The van der Waals surface area contributed by atoms with Crippen LogP contribution in [0.15, 0.2) is 30.6 Å². The predicted octanol–water partition coefficient (Wildman–Crippen LogP) is 2.52. The Labute approximate surface area is 104 Å². The molecule has 0 atom stereocenters. The molecule has 6 heteroatoms. The molecule has 0 radical (unpaired) electrons. The number of nitrogens with two attached hydrogens (primary N) is 1. The first kappa shape index (κ1) is 11.6. The van der Waals surface area contributed by atoms with Crippen LogP contribution < -0.4 is 16.0 Å². The van der Waals surface area contributed by atoms with Crippen molar-refractivity contribution in [2.24, 2.45) is 5.84 Å². The average molecular weight is 251 g/mol. The van der Waals surface area contributed by atoms with E-state index in [1.807, 2.05) is 6.92 Å². The van der Waals surface area contributed by atoms with Crippen LogP contribution >= 0.6 is 11.6 Å². The van der Waals surface area contributed by atoms with E-state index in [0.29, 0.717) is 22.5 Å². The minimum absolute atomic E-state index is 0.440. The van der Waals surface area contributed by atoms with Gasteiger partial charge in [0.2, 0.25) is 5.88 Å². The molecule has 5 nitrogen and oxygen atoms in total. The second-order valence-electron chi connectivity index (χ2n) is 3.36. The molecule has 0 fully saturated rings. The fourth-order valence-electron chi connectivity index (χ4n) is 1.32. The summed E-state index contributed by atoms with van der Waals surface area (Å²) in [7, 11) is 0. The Morgan fingerprint density at radius 1 is 1.35 bits per heavy atom. The third-order valence-corrected chi connectivity index (χ3v) is 2.42. The van der Waals surface area contributed by atoms with Gasteiger partial charge in [-0.2, -0.15) is 0 Å². The summed E-state index contributed by atoms with van der Waals surface area (Å²) >= 11 is 5.86. The van der Waals surface area contributed by atoms with E-state index in [1.165, 1.54) is 6.33 Å². The smallest absolute Gasteiger partial charge is 0.227 e. The van der Waals surface area contributed by atoms with E-state index in [9.17, 15) is 0 Å². The van der Waals surface area contributed by atoms with Gasteiger partial charge in [0.25, 0.3) is 0 Å². The molecule has 1 aromatic heterocycles. The van der Waals surface area contributed by atoms with Gasteiger partial charge in [-0.15, -0.1) is 0 Å². The molecular formula is C11H11ClN4O. The highest BCUT2D eigenvalue weighted by atomic mass is 35.5. The van der Waals surface area contributed by atoms with Crippen LogP contribution in [0.5, 0.6) is 11.6 Å². The monoisotopic (exact) mass is 250 g/mol. The van der Waals surface area contributed by atoms with Crippen LogP contribution in [0, 0.1) is 6.92 Å². The van der Waals surface area contributed by atoms with Crippen molar-refractivity contribution in [3.05, 3.63) is 41.2 Å². The lowest BCUT2D eigenvalue weighted by molar-refractivity contribution is 0.458. The summed E-state index contributed by atoms with van der Waals surface area (Å²) in [5.74, 6) is 6.90. The van der Waals surface area contributed by atoms with E-state index in [0.717, 1.165) is 5.56 Å². The summed E-state index contributed by atoms with van der Waals surface area (Å²) in [5, 5.41) is 0.603. The Morgan fingerprint density at radius 2 is 2.18 bits per heavy atom. The molecule has 0 bridgehead atoms. The summed E-state index contributed by atoms with van der Waals surface area (Å²) in [5.41, 5.74) is 3.21. The maximum atomic E-state index is 5.86. The van der Waals surface area contributed by atoms with E-state index in [4.69, 9.17) is 22.2 Å². The van der Waals surface area contributed by atoms with Gasteiger partial charge < -0.3 is 10.2 Å². The minimum Gasteiger partial charge on any atom is -0.439 e. The molecule has 0 saturated heterocycles. The molecule has 0 amide bonds. The lowest BCUT2D eigenvalue weighted by atomic mass is 10.3. The molecule has 0 saturated carbocycles. The Balaban J connectivity index is 2.30. The van der Waals surface area contributed by atoms with Crippen LogP contribution in [-0.2, 0) is 0 Å². The number of hydrogen-bond acceptors (Lipinski definition) is 5. The number of anilines is 1. The van der Waals surface area contributed by atoms with Crippen molar-refractivity contribution in [1.29, 1.82) is 0 Å². The number of aromatic nitrogens is 2. The number of nitrogen functional groups attached to an aromatic ring is 1. The third-order valence-electron chi connectivity index (χ3n) is 2.19. The van der Waals surface area contributed by atoms with Crippen molar-refractivity contribution in [3.8, 4) is 11.6 Å². The fraction of sp³-hybridized carbons (Fsp3) is 0.0909. The highest BCUT2D eigenvalue weighted by Crippen LogP contribution is 2.26. The number of halogens is 1. The second-order valence-corrected chi connectivity index (χ2v) is 3.79. The van der Waals surface area contributed by atoms with E-state index in [2.05, 4.69) is 15.4 Å². The fourth-order valence-corrected chi connectivity index (χ4v) is 1.50. The van der Waals surface area contributed by atoms with Gasteiger partial charge >= 0.3 is 0 Å². The van der Waals surface area contributed by atoms with Crippen LogP contribution in [0.25, 0.3) is 0 Å². The van der Waals surface area contributed by atoms with Gasteiger partial charge in [0, 0.05) is 5.02 Å². The van der Waals surface area contributed by atoms with Crippen molar-refractivity contribution < 1.29 is 4.74 Å². The largest absolute Gasteiger partial charge is 0.439 e. The maximum absolute atomic E-state index is 5.86.